The number of aliphatic imine (C=N–C) groups is 1. The largest absolute Gasteiger partial charge is 0.330 e. The Balaban J connectivity index is 2.12. The standard InChI is InChI=1S/C10H14N2/c1-9-5-2-3-8-12(9)10-6-4-7-11-10/h2-3,5,8-9H,4,6-7H2,1H3. The SMILES string of the molecule is CC1C=CC=CN1C1=NCCC1. The minimum atomic E-state index is 0.479. The summed E-state index contributed by atoms with van der Waals surface area (Å²) in [4.78, 5) is 6.72. The maximum Gasteiger partial charge on any atom is 0.103 e. The van der Waals surface area contributed by atoms with Crippen molar-refractivity contribution < 1.29 is 0 Å². The lowest BCUT2D eigenvalue weighted by molar-refractivity contribution is 0.486. The molecule has 12 heavy (non-hydrogen) atoms. The molecular weight excluding hydrogens is 148 g/mol. The van der Waals surface area contributed by atoms with Gasteiger partial charge in [0.1, 0.15) is 5.84 Å². The van der Waals surface area contributed by atoms with Gasteiger partial charge in [-0.05, 0) is 19.4 Å². The summed E-state index contributed by atoms with van der Waals surface area (Å²) in [6.07, 6.45) is 10.8. The highest BCUT2D eigenvalue weighted by Crippen LogP contribution is 2.15. The summed E-state index contributed by atoms with van der Waals surface area (Å²) in [6.45, 7) is 3.21. The van der Waals surface area contributed by atoms with E-state index in [2.05, 4.69) is 41.2 Å². The zero-order valence-corrected chi connectivity index (χ0v) is 7.40. The first-order chi connectivity index (χ1) is 5.88. The summed E-state index contributed by atoms with van der Waals surface area (Å²) in [6, 6.07) is 0.479. The summed E-state index contributed by atoms with van der Waals surface area (Å²) >= 11 is 0. The zero-order chi connectivity index (χ0) is 8.39. The van der Waals surface area contributed by atoms with E-state index < -0.39 is 0 Å². The summed E-state index contributed by atoms with van der Waals surface area (Å²) in [5.74, 6) is 1.25. The van der Waals surface area contributed by atoms with Crippen LogP contribution >= 0.6 is 0 Å². The average molecular weight is 162 g/mol. The number of hydrogen-bond donors (Lipinski definition) is 0. The second kappa shape index (κ2) is 3.13. The van der Waals surface area contributed by atoms with Crippen LogP contribution in [0.3, 0.4) is 0 Å². The molecule has 0 aromatic rings. The third-order valence-corrected chi connectivity index (χ3v) is 2.34. The first-order valence-electron chi connectivity index (χ1n) is 4.54. The summed E-state index contributed by atoms with van der Waals surface area (Å²) in [7, 11) is 0. The normalized spacial score (nSPS) is 27.9. The smallest absolute Gasteiger partial charge is 0.103 e. The Labute approximate surface area is 73.3 Å². The molecule has 2 heteroatoms. The van der Waals surface area contributed by atoms with Gasteiger partial charge in [-0.15, -0.1) is 0 Å². The Bertz CT molecular complexity index is 251. The lowest BCUT2D eigenvalue weighted by Gasteiger charge is -2.27. The van der Waals surface area contributed by atoms with E-state index in [1.54, 1.807) is 0 Å². The summed E-state index contributed by atoms with van der Waals surface area (Å²) < 4.78 is 0. The molecule has 1 unspecified atom stereocenters. The van der Waals surface area contributed by atoms with Crippen molar-refractivity contribution in [3.8, 4) is 0 Å². The van der Waals surface area contributed by atoms with Crippen LogP contribution in [0.15, 0.2) is 29.4 Å². The Morgan fingerprint density at radius 1 is 1.50 bits per heavy atom. The highest BCUT2D eigenvalue weighted by molar-refractivity contribution is 5.85. The first kappa shape index (κ1) is 7.59. The third kappa shape index (κ3) is 1.29. The molecule has 0 aromatic heterocycles. The fraction of sp³-hybridized carbons (Fsp3) is 0.500. The Morgan fingerprint density at radius 3 is 3.08 bits per heavy atom. The van der Waals surface area contributed by atoms with Gasteiger partial charge in [-0.3, -0.25) is 4.99 Å². The number of amidine groups is 1. The minimum absolute atomic E-state index is 0.479. The van der Waals surface area contributed by atoms with Crippen LogP contribution in [0.25, 0.3) is 0 Å². The van der Waals surface area contributed by atoms with E-state index >= 15 is 0 Å². The molecule has 0 fully saturated rings. The highest BCUT2D eigenvalue weighted by atomic mass is 15.2. The fourth-order valence-corrected chi connectivity index (χ4v) is 1.65. The minimum Gasteiger partial charge on any atom is -0.330 e. The van der Waals surface area contributed by atoms with E-state index in [9.17, 15) is 0 Å². The fourth-order valence-electron chi connectivity index (χ4n) is 1.65. The van der Waals surface area contributed by atoms with Crippen LogP contribution in [-0.2, 0) is 0 Å². The zero-order valence-electron chi connectivity index (χ0n) is 7.40. The van der Waals surface area contributed by atoms with Gasteiger partial charge in [-0.2, -0.15) is 0 Å². The van der Waals surface area contributed by atoms with Crippen molar-refractivity contribution in [2.75, 3.05) is 6.54 Å². The molecule has 0 saturated heterocycles. The van der Waals surface area contributed by atoms with Gasteiger partial charge in [0.25, 0.3) is 0 Å². The van der Waals surface area contributed by atoms with Crippen LogP contribution < -0.4 is 0 Å². The van der Waals surface area contributed by atoms with E-state index in [-0.39, 0.29) is 0 Å². The third-order valence-electron chi connectivity index (χ3n) is 2.34. The predicted octanol–water partition coefficient (Wildman–Crippen LogP) is 1.95. The first-order valence-corrected chi connectivity index (χ1v) is 4.54. The molecule has 0 aromatic carbocycles. The van der Waals surface area contributed by atoms with Gasteiger partial charge in [0.05, 0.1) is 6.04 Å². The van der Waals surface area contributed by atoms with Crippen molar-refractivity contribution in [2.24, 2.45) is 4.99 Å². The molecule has 0 aliphatic carbocycles. The van der Waals surface area contributed by atoms with Gasteiger partial charge < -0.3 is 4.90 Å². The number of allylic oxidation sites excluding steroid dienone is 2. The second-order valence-electron chi connectivity index (χ2n) is 3.28. The quantitative estimate of drug-likeness (QED) is 0.531. The number of hydrogen-bond acceptors (Lipinski definition) is 2. The van der Waals surface area contributed by atoms with Crippen LogP contribution in [0, 0.1) is 0 Å². The van der Waals surface area contributed by atoms with Gasteiger partial charge in [-0.1, -0.05) is 12.2 Å². The molecule has 2 nitrogen and oxygen atoms in total. The maximum atomic E-state index is 4.47. The van der Waals surface area contributed by atoms with Gasteiger partial charge in [0, 0.05) is 19.2 Å². The van der Waals surface area contributed by atoms with Crippen LogP contribution in [0.4, 0.5) is 0 Å². The lowest BCUT2D eigenvalue weighted by Crippen LogP contribution is -2.32. The van der Waals surface area contributed by atoms with Gasteiger partial charge in [-0.25, -0.2) is 0 Å². The van der Waals surface area contributed by atoms with E-state index in [1.807, 2.05) is 0 Å². The maximum absolute atomic E-state index is 4.47. The molecule has 2 aliphatic rings. The molecule has 1 atom stereocenters. The summed E-state index contributed by atoms with van der Waals surface area (Å²) in [5, 5.41) is 0. The average Bonchev–Trinajstić information content (AvgIpc) is 2.57. The van der Waals surface area contributed by atoms with Gasteiger partial charge >= 0.3 is 0 Å². The van der Waals surface area contributed by atoms with Crippen molar-refractivity contribution >= 4 is 5.84 Å². The van der Waals surface area contributed by atoms with E-state index in [0.717, 1.165) is 13.0 Å². The number of nitrogens with zero attached hydrogens (tertiary/aromatic N) is 2. The molecule has 2 heterocycles. The van der Waals surface area contributed by atoms with Gasteiger partial charge in [0.2, 0.25) is 0 Å². The number of rotatable bonds is 0. The van der Waals surface area contributed by atoms with E-state index in [0.29, 0.717) is 6.04 Å². The second-order valence-corrected chi connectivity index (χ2v) is 3.28. The van der Waals surface area contributed by atoms with E-state index in [1.165, 1.54) is 12.3 Å². The van der Waals surface area contributed by atoms with Crippen LogP contribution in [0.5, 0.6) is 0 Å². The molecular formula is C10H14N2. The highest BCUT2D eigenvalue weighted by Gasteiger charge is 2.17. The predicted molar refractivity (Wildman–Crippen MR) is 51.1 cm³/mol. The van der Waals surface area contributed by atoms with Crippen molar-refractivity contribution in [3.05, 3.63) is 24.4 Å². The Hall–Kier alpha value is -1.05. The molecule has 64 valence electrons. The summed E-state index contributed by atoms with van der Waals surface area (Å²) in [5.41, 5.74) is 0. The van der Waals surface area contributed by atoms with Crippen LogP contribution in [-0.4, -0.2) is 23.3 Å². The molecule has 0 radical (unpaired) electrons. The monoisotopic (exact) mass is 162 g/mol. The van der Waals surface area contributed by atoms with Crippen LogP contribution in [0.1, 0.15) is 19.8 Å². The van der Waals surface area contributed by atoms with Crippen molar-refractivity contribution in [2.45, 2.75) is 25.8 Å². The molecule has 0 N–H and O–H groups in total. The van der Waals surface area contributed by atoms with Crippen molar-refractivity contribution in [3.63, 3.8) is 0 Å². The Morgan fingerprint density at radius 2 is 2.42 bits per heavy atom. The van der Waals surface area contributed by atoms with Crippen molar-refractivity contribution in [1.29, 1.82) is 0 Å². The lowest BCUT2D eigenvalue weighted by atomic mass is 10.2. The van der Waals surface area contributed by atoms with E-state index in [4.69, 9.17) is 0 Å². The molecule has 0 amide bonds. The molecule has 0 saturated carbocycles. The molecule has 2 aliphatic heterocycles. The van der Waals surface area contributed by atoms with Crippen molar-refractivity contribution in [1.82, 2.24) is 4.90 Å². The topological polar surface area (TPSA) is 15.6 Å². The molecule has 2 rings (SSSR count). The Kier molecular flexibility index (Phi) is 1.98. The van der Waals surface area contributed by atoms with Crippen LogP contribution in [0.2, 0.25) is 0 Å². The molecule has 0 spiro atoms. The molecule has 0 bridgehead atoms. The van der Waals surface area contributed by atoms with Gasteiger partial charge in [0.15, 0.2) is 0 Å².